The van der Waals surface area contributed by atoms with E-state index in [0.717, 1.165) is 4.90 Å². The summed E-state index contributed by atoms with van der Waals surface area (Å²) in [5.74, 6) is -1.52. The first-order valence-electron chi connectivity index (χ1n) is 3.56. The Morgan fingerprint density at radius 3 is 2.57 bits per heavy atom. The fourth-order valence-electron chi connectivity index (χ4n) is 0.523. The number of hydrogen-bond acceptors (Lipinski definition) is 4. The van der Waals surface area contributed by atoms with Crippen molar-refractivity contribution in [2.45, 2.75) is 13.0 Å². The van der Waals surface area contributed by atoms with Gasteiger partial charge in [0.15, 0.2) is 0 Å². The average Bonchev–Trinajstić information content (AvgIpc) is 2.11. The lowest BCUT2D eigenvalue weighted by Gasteiger charge is -2.23. The maximum Gasteiger partial charge on any atom is 0.337 e. The van der Waals surface area contributed by atoms with Crippen LogP contribution in [0.4, 0.5) is 0 Å². The molecule has 0 radical (unpaired) electrons. The molecule has 82 valence electrons. The van der Waals surface area contributed by atoms with Gasteiger partial charge in [-0.2, -0.15) is 4.62 Å². The Labute approximate surface area is 80.9 Å². The van der Waals surface area contributed by atoms with Gasteiger partial charge in [-0.3, -0.25) is 9.97 Å². The molecule has 0 aliphatic carbocycles. The second-order valence-corrected chi connectivity index (χ2v) is 3.18. The predicted molar refractivity (Wildman–Crippen MR) is 48.0 cm³/mol. The number of carbonyl (C=O) groups is 1. The van der Waals surface area contributed by atoms with Gasteiger partial charge in [0.2, 0.25) is 5.96 Å². The molecule has 2 atom stereocenters. The molecule has 0 saturated carbocycles. The topological polar surface area (TPSA) is 123 Å². The predicted octanol–water partition coefficient (Wildman–Crippen LogP) is -0.771. The van der Waals surface area contributed by atoms with E-state index in [1.54, 1.807) is 0 Å². The van der Waals surface area contributed by atoms with E-state index >= 15 is 0 Å². The average molecular weight is 225 g/mol. The number of nitrogens with zero attached hydrogens (tertiary/aromatic N) is 1. The molecule has 0 aromatic heterocycles. The molecule has 14 heavy (non-hydrogen) atoms. The van der Waals surface area contributed by atoms with Gasteiger partial charge in [0.1, 0.15) is 6.04 Å². The number of carboxylic acids is 1. The largest absolute Gasteiger partial charge is 0.480 e. The van der Waals surface area contributed by atoms with Gasteiger partial charge in [0, 0.05) is 7.05 Å². The third-order valence-corrected chi connectivity index (χ3v) is 1.80. The molecule has 0 amide bonds. The van der Waals surface area contributed by atoms with Crippen LogP contribution < -0.4 is 5.48 Å². The Morgan fingerprint density at radius 1 is 1.71 bits per heavy atom. The van der Waals surface area contributed by atoms with Crippen LogP contribution in [-0.2, 0) is 14.0 Å². The molecule has 0 fully saturated rings. The number of aliphatic carboxylic acids is 1. The zero-order valence-corrected chi connectivity index (χ0v) is 8.64. The number of hydrogen-bond donors (Lipinski definition) is 4. The lowest BCUT2D eigenvalue weighted by atomic mass is 10.3. The molecule has 0 aromatic rings. The molecule has 0 saturated heterocycles. The summed E-state index contributed by atoms with van der Waals surface area (Å²) in [7, 11) is -1.84. The molecule has 0 aromatic carbocycles. The van der Waals surface area contributed by atoms with E-state index in [0.29, 0.717) is 0 Å². The summed E-state index contributed by atoms with van der Waals surface area (Å²) in [6, 6.07) is -0.931. The van der Waals surface area contributed by atoms with Crippen molar-refractivity contribution in [3.63, 3.8) is 0 Å². The second kappa shape index (κ2) is 5.58. The van der Waals surface area contributed by atoms with Crippen LogP contribution in [-0.4, -0.2) is 39.9 Å². The van der Waals surface area contributed by atoms with Crippen LogP contribution >= 0.6 is 8.25 Å². The number of rotatable bonds is 4. The van der Waals surface area contributed by atoms with Crippen LogP contribution in [0.1, 0.15) is 6.92 Å². The van der Waals surface area contributed by atoms with E-state index in [1.165, 1.54) is 14.0 Å². The van der Waals surface area contributed by atoms with Crippen LogP contribution in [0, 0.1) is 5.41 Å². The number of nitrogens with one attached hydrogen (secondary N) is 2. The van der Waals surface area contributed by atoms with Gasteiger partial charge in [-0.05, 0) is 6.92 Å². The number of likely N-dealkylation sites (N-methyl/N-ethyl adjacent to an activating group) is 1. The van der Waals surface area contributed by atoms with Crippen molar-refractivity contribution in [1.29, 1.82) is 5.41 Å². The Balaban J connectivity index is 4.11. The van der Waals surface area contributed by atoms with E-state index in [4.69, 9.17) is 15.4 Å². The number of hydroxylamine groups is 1. The number of guanidine groups is 1. The number of carboxylic acid groups (broad SMARTS) is 1. The molecule has 0 aliphatic rings. The normalized spacial score (nSPS) is 14.2. The Bertz CT molecular complexity index is 258. The second-order valence-electron chi connectivity index (χ2n) is 2.44. The van der Waals surface area contributed by atoms with Crippen molar-refractivity contribution in [2.24, 2.45) is 0 Å². The minimum atomic E-state index is -3.18. The summed E-state index contributed by atoms with van der Waals surface area (Å²) < 4.78 is 14.1. The molecule has 0 spiro atoms. The summed E-state index contributed by atoms with van der Waals surface area (Å²) in [5, 5.41) is 15.8. The van der Waals surface area contributed by atoms with Crippen LogP contribution in [0.3, 0.4) is 0 Å². The molecule has 0 aliphatic heterocycles. The van der Waals surface area contributed by atoms with Crippen molar-refractivity contribution in [3.05, 3.63) is 0 Å². The lowest BCUT2D eigenvalue weighted by molar-refractivity contribution is -0.140. The minimum Gasteiger partial charge on any atom is -0.480 e. The lowest BCUT2D eigenvalue weighted by Crippen LogP contribution is -2.45. The summed E-state index contributed by atoms with van der Waals surface area (Å²) in [4.78, 5) is 19.8. The monoisotopic (exact) mass is 225 g/mol. The van der Waals surface area contributed by atoms with Crippen LogP contribution in [0.2, 0.25) is 0 Å². The fourth-order valence-corrected chi connectivity index (χ4v) is 0.707. The summed E-state index contributed by atoms with van der Waals surface area (Å²) in [6.07, 6.45) is 0. The zero-order valence-electron chi connectivity index (χ0n) is 7.64. The van der Waals surface area contributed by atoms with E-state index in [1.807, 2.05) is 5.48 Å². The van der Waals surface area contributed by atoms with Crippen LogP contribution in [0.5, 0.6) is 0 Å². The summed E-state index contributed by atoms with van der Waals surface area (Å²) >= 11 is 0. The highest BCUT2D eigenvalue weighted by Gasteiger charge is 2.19. The first kappa shape index (κ1) is 12.9. The maximum atomic E-state index is 10.5. The summed E-state index contributed by atoms with van der Waals surface area (Å²) in [5.41, 5.74) is 1.85. The van der Waals surface area contributed by atoms with Gasteiger partial charge in [0.05, 0.1) is 0 Å². The molecule has 8 nitrogen and oxygen atoms in total. The molecule has 0 heterocycles. The Morgan fingerprint density at radius 2 is 2.21 bits per heavy atom. The van der Waals surface area contributed by atoms with Crippen molar-refractivity contribution < 1.29 is 24.0 Å². The zero-order chi connectivity index (χ0) is 11.3. The van der Waals surface area contributed by atoms with Crippen molar-refractivity contribution in [2.75, 3.05) is 7.05 Å². The molecular formula is C5H12N3O5P. The van der Waals surface area contributed by atoms with E-state index in [9.17, 15) is 9.36 Å². The van der Waals surface area contributed by atoms with Gasteiger partial charge in [-0.25, -0.2) is 10.3 Å². The summed E-state index contributed by atoms with van der Waals surface area (Å²) in [6.45, 7) is 1.36. The van der Waals surface area contributed by atoms with E-state index in [-0.39, 0.29) is 0 Å². The highest BCUT2D eigenvalue weighted by molar-refractivity contribution is 7.32. The molecule has 9 heteroatoms. The van der Waals surface area contributed by atoms with Crippen molar-refractivity contribution in [3.8, 4) is 0 Å². The van der Waals surface area contributed by atoms with E-state index in [2.05, 4.69) is 4.62 Å². The van der Waals surface area contributed by atoms with Crippen LogP contribution in [0.15, 0.2) is 0 Å². The quantitative estimate of drug-likeness (QED) is 0.214. The molecular weight excluding hydrogens is 213 g/mol. The fraction of sp³-hybridized carbons (Fsp3) is 0.600. The third kappa shape index (κ3) is 4.22. The maximum absolute atomic E-state index is 10.5. The smallest absolute Gasteiger partial charge is 0.337 e. The standard InChI is InChI=1S/C5H12N3O5P/c1-3(4(9)10)8(2)5(6)7-13-14(11)12/h3,14H,1-2H3,(H2,6,7)(H,9,10)(H,11,12). The van der Waals surface area contributed by atoms with E-state index < -0.39 is 26.2 Å². The third-order valence-electron chi connectivity index (χ3n) is 1.53. The molecule has 0 bridgehead atoms. The molecule has 0 rings (SSSR count). The van der Waals surface area contributed by atoms with Gasteiger partial charge in [-0.1, -0.05) is 0 Å². The Kier molecular flexibility index (Phi) is 5.14. The van der Waals surface area contributed by atoms with Gasteiger partial charge >= 0.3 is 14.2 Å². The van der Waals surface area contributed by atoms with Crippen molar-refractivity contribution in [1.82, 2.24) is 10.4 Å². The van der Waals surface area contributed by atoms with Crippen molar-refractivity contribution >= 4 is 20.2 Å². The molecule has 2 unspecified atom stereocenters. The highest BCUT2D eigenvalue weighted by Crippen LogP contribution is 2.11. The van der Waals surface area contributed by atoms with Gasteiger partial charge < -0.3 is 14.9 Å². The van der Waals surface area contributed by atoms with Crippen LogP contribution in [0.25, 0.3) is 0 Å². The SMILES string of the molecule is CC(C(=O)O)N(C)C(=N)NO[PH](=O)O. The Hall–Kier alpha value is -1.11. The first-order chi connectivity index (χ1) is 6.36. The van der Waals surface area contributed by atoms with Gasteiger partial charge in [-0.15, -0.1) is 0 Å². The van der Waals surface area contributed by atoms with Gasteiger partial charge in [0.25, 0.3) is 0 Å². The molecule has 4 N–H and O–H groups in total. The first-order valence-corrected chi connectivity index (χ1v) is 4.82. The minimum absolute atomic E-state index is 0.410. The highest BCUT2D eigenvalue weighted by atomic mass is 31.1.